The van der Waals surface area contributed by atoms with Crippen LogP contribution in [-0.4, -0.2) is 36.9 Å². The summed E-state index contributed by atoms with van der Waals surface area (Å²) in [5.41, 5.74) is 10.2. The lowest BCUT2D eigenvalue weighted by Gasteiger charge is -2.08. The van der Waals surface area contributed by atoms with E-state index in [1.807, 2.05) is 19.1 Å². The SMILES string of the molecule is Cc1nc2ccc(-n3ncc(C(=O)c4cc(-c5ccc(OC(F)(F)F)cc5)c[nH]4)c3N)cc2[nH]1. The van der Waals surface area contributed by atoms with E-state index in [0.29, 0.717) is 16.8 Å². The van der Waals surface area contributed by atoms with Gasteiger partial charge in [-0.1, -0.05) is 12.1 Å². The van der Waals surface area contributed by atoms with Gasteiger partial charge < -0.3 is 20.4 Å². The number of anilines is 1. The van der Waals surface area contributed by atoms with Gasteiger partial charge in [0.25, 0.3) is 0 Å². The van der Waals surface area contributed by atoms with Gasteiger partial charge in [0, 0.05) is 6.20 Å². The van der Waals surface area contributed by atoms with E-state index in [1.165, 1.54) is 35.1 Å². The average molecular weight is 466 g/mol. The highest BCUT2D eigenvalue weighted by atomic mass is 19.4. The lowest BCUT2D eigenvalue weighted by atomic mass is 10.1. The molecule has 0 aliphatic heterocycles. The summed E-state index contributed by atoms with van der Waals surface area (Å²) in [4.78, 5) is 23.5. The number of carbonyl (C=O) groups is 1. The van der Waals surface area contributed by atoms with Crippen LogP contribution in [-0.2, 0) is 0 Å². The molecule has 34 heavy (non-hydrogen) atoms. The number of benzene rings is 2. The van der Waals surface area contributed by atoms with Crippen LogP contribution in [0.5, 0.6) is 5.75 Å². The summed E-state index contributed by atoms with van der Waals surface area (Å²) in [6.07, 6.45) is -1.78. The van der Waals surface area contributed by atoms with Crippen LogP contribution in [0.1, 0.15) is 21.9 Å². The fourth-order valence-electron chi connectivity index (χ4n) is 3.68. The summed E-state index contributed by atoms with van der Waals surface area (Å²) in [5.74, 6) is 0.254. The van der Waals surface area contributed by atoms with Gasteiger partial charge in [0.2, 0.25) is 5.78 Å². The molecule has 2 aromatic carbocycles. The summed E-state index contributed by atoms with van der Waals surface area (Å²) in [6.45, 7) is 1.86. The second-order valence-electron chi connectivity index (χ2n) is 7.58. The monoisotopic (exact) mass is 466 g/mol. The number of carbonyl (C=O) groups excluding carboxylic acids is 1. The quantitative estimate of drug-likeness (QED) is 0.323. The van der Waals surface area contributed by atoms with E-state index in [9.17, 15) is 18.0 Å². The van der Waals surface area contributed by atoms with Gasteiger partial charge in [0.1, 0.15) is 17.4 Å². The van der Waals surface area contributed by atoms with Gasteiger partial charge in [0.05, 0.1) is 34.2 Å². The molecule has 8 nitrogen and oxygen atoms in total. The Hall–Kier alpha value is -4.54. The summed E-state index contributed by atoms with van der Waals surface area (Å²) in [6, 6.07) is 12.4. The number of nitrogen functional groups attached to an aromatic ring is 1. The first kappa shape index (κ1) is 21.3. The van der Waals surface area contributed by atoms with Crippen LogP contribution in [0.25, 0.3) is 27.8 Å². The van der Waals surface area contributed by atoms with E-state index in [4.69, 9.17) is 5.73 Å². The van der Waals surface area contributed by atoms with Crippen molar-refractivity contribution in [2.45, 2.75) is 13.3 Å². The van der Waals surface area contributed by atoms with Gasteiger partial charge in [-0.05, 0) is 54.4 Å². The molecule has 0 aliphatic rings. The number of nitrogens with one attached hydrogen (secondary N) is 2. The Morgan fingerprint density at radius 1 is 1.09 bits per heavy atom. The highest BCUT2D eigenvalue weighted by Crippen LogP contribution is 2.28. The maximum Gasteiger partial charge on any atom is 0.573 e. The number of imidazole rings is 1. The topological polar surface area (TPSA) is 115 Å². The van der Waals surface area contributed by atoms with Crippen LogP contribution in [0.15, 0.2) is 60.9 Å². The average Bonchev–Trinajstić information content (AvgIpc) is 3.50. The molecule has 0 bridgehead atoms. The highest BCUT2D eigenvalue weighted by molar-refractivity contribution is 6.11. The van der Waals surface area contributed by atoms with Gasteiger partial charge >= 0.3 is 6.36 Å². The molecule has 3 heterocycles. The number of aromatic nitrogens is 5. The number of alkyl halides is 3. The number of ketones is 1. The minimum absolute atomic E-state index is 0.172. The fraction of sp³-hybridized carbons (Fsp3) is 0.0870. The van der Waals surface area contributed by atoms with Crippen LogP contribution in [0.4, 0.5) is 19.0 Å². The van der Waals surface area contributed by atoms with Crippen LogP contribution >= 0.6 is 0 Å². The number of halogens is 3. The van der Waals surface area contributed by atoms with Crippen LogP contribution in [0.3, 0.4) is 0 Å². The molecular formula is C23H17F3N6O2. The van der Waals surface area contributed by atoms with Crippen molar-refractivity contribution in [1.29, 1.82) is 0 Å². The third kappa shape index (κ3) is 3.98. The molecule has 172 valence electrons. The normalized spacial score (nSPS) is 11.8. The standard InChI is InChI=1S/C23H17F3N6O2/c1-12-30-18-7-4-15(9-19(18)31-12)32-22(27)17(11-29-32)21(33)20-8-14(10-28-20)13-2-5-16(6-3-13)34-23(24,25)26/h2-11,28H,27H2,1H3,(H,30,31). The van der Waals surface area contributed by atoms with E-state index in [0.717, 1.165) is 16.9 Å². The minimum atomic E-state index is -4.76. The number of rotatable bonds is 5. The highest BCUT2D eigenvalue weighted by Gasteiger charge is 2.31. The Kier molecular flexibility index (Phi) is 4.89. The summed E-state index contributed by atoms with van der Waals surface area (Å²) >= 11 is 0. The number of hydrogen-bond acceptors (Lipinski definition) is 5. The maximum absolute atomic E-state index is 13.1. The van der Waals surface area contributed by atoms with E-state index >= 15 is 0 Å². The minimum Gasteiger partial charge on any atom is -0.406 e. The van der Waals surface area contributed by atoms with E-state index in [1.54, 1.807) is 18.3 Å². The number of nitrogens with zero attached hydrogens (tertiary/aromatic N) is 3. The molecule has 3 aromatic heterocycles. The lowest BCUT2D eigenvalue weighted by molar-refractivity contribution is -0.274. The number of H-pyrrole nitrogens is 2. The van der Waals surface area contributed by atoms with Crippen molar-refractivity contribution in [1.82, 2.24) is 24.7 Å². The Morgan fingerprint density at radius 3 is 2.59 bits per heavy atom. The van der Waals surface area contributed by atoms with Crippen molar-refractivity contribution in [2.24, 2.45) is 0 Å². The third-order valence-corrected chi connectivity index (χ3v) is 5.23. The van der Waals surface area contributed by atoms with Gasteiger partial charge in [-0.3, -0.25) is 4.79 Å². The summed E-state index contributed by atoms with van der Waals surface area (Å²) < 4.78 is 42.4. The molecule has 0 spiro atoms. The van der Waals surface area contributed by atoms with Crippen LogP contribution < -0.4 is 10.5 Å². The van der Waals surface area contributed by atoms with Crippen molar-refractivity contribution >= 4 is 22.6 Å². The van der Waals surface area contributed by atoms with Gasteiger partial charge in [-0.25, -0.2) is 9.67 Å². The van der Waals surface area contributed by atoms with E-state index < -0.39 is 6.36 Å². The largest absolute Gasteiger partial charge is 0.573 e. The van der Waals surface area contributed by atoms with Crippen molar-refractivity contribution in [3.63, 3.8) is 0 Å². The van der Waals surface area contributed by atoms with Gasteiger partial charge in [0.15, 0.2) is 0 Å². The molecule has 5 rings (SSSR count). The van der Waals surface area contributed by atoms with Crippen molar-refractivity contribution < 1.29 is 22.7 Å². The Morgan fingerprint density at radius 2 is 1.85 bits per heavy atom. The lowest BCUT2D eigenvalue weighted by Crippen LogP contribution is -2.16. The Balaban J connectivity index is 1.39. The molecule has 0 aliphatic carbocycles. The third-order valence-electron chi connectivity index (χ3n) is 5.23. The predicted octanol–water partition coefficient (Wildman–Crippen LogP) is 4.76. The first-order valence-electron chi connectivity index (χ1n) is 10.1. The smallest absolute Gasteiger partial charge is 0.406 e. The number of aromatic amines is 2. The molecule has 4 N–H and O–H groups in total. The molecule has 0 unspecified atom stereocenters. The molecule has 0 saturated heterocycles. The van der Waals surface area contributed by atoms with E-state index in [-0.39, 0.29) is 28.6 Å². The van der Waals surface area contributed by atoms with E-state index in [2.05, 4.69) is 24.8 Å². The molecule has 0 saturated carbocycles. The second-order valence-corrected chi connectivity index (χ2v) is 7.58. The molecule has 0 radical (unpaired) electrons. The fourth-order valence-corrected chi connectivity index (χ4v) is 3.68. The molecule has 11 heteroatoms. The number of nitrogens with two attached hydrogens (primary N) is 1. The number of ether oxygens (including phenoxy) is 1. The number of aryl methyl sites for hydroxylation is 1. The Bertz CT molecular complexity index is 1510. The predicted molar refractivity (Wildman–Crippen MR) is 119 cm³/mol. The van der Waals surface area contributed by atoms with Gasteiger partial charge in [-0.15, -0.1) is 13.2 Å². The maximum atomic E-state index is 13.1. The van der Waals surface area contributed by atoms with Crippen molar-refractivity contribution in [3.8, 4) is 22.6 Å². The van der Waals surface area contributed by atoms with Crippen molar-refractivity contribution in [2.75, 3.05) is 5.73 Å². The zero-order valence-corrected chi connectivity index (χ0v) is 17.6. The molecule has 0 fully saturated rings. The zero-order valence-electron chi connectivity index (χ0n) is 17.6. The van der Waals surface area contributed by atoms with Crippen LogP contribution in [0.2, 0.25) is 0 Å². The van der Waals surface area contributed by atoms with Crippen molar-refractivity contribution in [3.05, 3.63) is 78.0 Å². The summed E-state index contributed by atoms with van der Waals surface area (Å²) in [7, 11) is 0. The first-order valence-corrected chi connectivity index (χ1v) is 10.1. The first-order chi connectivity index (χ1) is 16.2. The summed E-state index contributed by atoms with van der Waals surface area (Å²) in [5, 5.41) is 4.27. The molecule has 0 amide bonds. The number of hydrogen-bond donors (Lipinski definition) is 3. The Labute approximate surface area is 190 Å². The number of fused-ring (bicyclic) bond motifs is 1. The van der Waals surface area contributed by atoms with Gasteiger partial charge in [-0.2, -0.15) is 5.10 Å². The molecule has 0 atom stereocenters. The molecular weight excluding hydrogens is 449 g/mol. The van der Waals surface area contributed by atoms with Crippen LogP contribution in [0, 0.1) is 6.92 Å². The molecule has 5 aromatic rings. The zero-order chi connectivity index (χ0) is 24.0. The second kappa shape index (κ2) is 7.80.